The van der Waals surface area contributed by atoms with Gasteiger partial charge >= 0.3 is 5.97 Å². The first-order valence-electron chi connectivity index (χ1n) is 8.79. The quantitative estimate of drug-likeness (QED) is 0.878. The van der Waals surface area contributed by atoms with Gasteiger partial charge in [-0.25, -0.2) is 4.68 Å². The van der Waals surface area contributed by atoms with Crippen molar-refractivity contribution in [3.63, 3.8) is 0 Å². The van der Waals surface area contributed by atoms with E-state index in [-0.39, 0.29) is 17.2 Å². The number of carbonyl (C=O) groups is 2. The highest BCUT2D eigenvalue weighted by molar-refractivity contribution is 5.95. The van der Waals surface area contributed by atoms with Gasteiger partial charge < -0.3 is 10.4 Å². The third kappa shape index (κ3) is 3.16. The third-order valence-electron chi connectivity index (χ3n) is 5.22. The minimum absolute atomic E-state index is 0.205. The van der Waals surface area contributed by atoms with Crippen LogP contribution in [0.15, 0.2) is 35.1 Å². The second kappa shape index (κ2) is 7.19. The monoisotopic (exact) mass is 357 g/mol. The van der Waals surface area contributed by atoms with Crippen molar-refractivity contribution in [2.45, 2.75) is 32.6 Å². The van der Waals surface area contributed by atoms with Gasteiger partial charge in [0.25, 0.3) is 5.56 Å². The molecular weight excluding hydrogens is 334 g/mol. The molecule has 26 heavy (non-hydrogen) atoms. The summed E-state index contributed by atoms with van der Waals surface area (Å²) in [6.07, 6.45) is 2.66. The highest BCUT2D eigenvalue weighted by atomic mass is 16.4. The average molecular weight is 357 g/mol. The van der Waals surface area contributed by atoms with Crippen LogP contribution in [0.3, 0.4) is 0 Å². The predicted octanol–water partition coefficient (Wildman–Crippen LogP) is 2.31. The van der Waals surface area contributed by atoms with Crippen molar-refractivity contribution in [1.29, 1.82) is 0 Å². The van der Waals surface area contributed by atoms with Gasteiger partial charge in [-0.2, -0.15) is 0 Å². The summed E-state index contributed by atoms with van der Waals surface area (Å²) < 4.78 is 3.17. The molecule has 1 aromatic carbocycles. The van der Waals surface area contributed by atoms with Gasteiger partial charge in [0.1, 0.15) is 5.69 Å². The molecule has 7 heteroatoms. The molecule has 1 amide bonds. The summed E-state index contributed by atoms with van der Waals surface area (Å²) in [6.45, 7) is 1.76. The van der Waals surface area contributed by atoms with Crippen molar-refractivity contribution < 1.29 is 14.7 Å². The van der Waals surface area contributed by atoms with Gasteiger partial charge in [0, 0.05) is 7.05 Å². The van der Waals surface area contributed by atoms with Crippen LogP contribution in [0, 0.1) is 18.8 Å². The van der Waals surface area contributed by atoms with Crippen LogP contribution in [0.4, 0.5) is 5.69 Å². The van der Waals surface area contributed by atoms with Crippen LogP contribution in [-0.4, -0.2) is 26.3 Å². The molecule has 1 aromatic heterocycles. The molecule has 2 N–H and O–H groups in total. The fraction of sp³-hybridized carbons (Fsp3) is 0.421. The molecular formula is C19H23N3O4. The Kier molecular flexibility index (Phi) is 4.97. The lowest BCUT2D eigenvalue weighted by Crippen LogP contribution is -2.37. The lowest BCUT2D eigenvalue weighted by Gasteiger charge is -2.27. The van der Waals surface area contributed by atoms with E-state index in [4.69, 9.17) is 0 Å². The van der Waals surface area contributed by atoms with Crippen LogP contribution < -0.4 is 10.9 Å². The highest BCUT2D eigenvalue weighted by Gasteiger charge is 2.36. The van der Waals surface area contributed by atoms with E-state index >= 15 is 0 Å². The van der Waals surface area contributed by atoms with Gasteiger partial charge in [-0.3, -0.25) is 19.1 Å². The van der Waals surface area contributed by atoms with Crippen LogP contribution >= 0.6 is 0 Å². The maximum atomic E-state index is 12.9. The first-order valence-corrected chi connectivity index (χ1v) is 8.79. The predicted molar refractivity (Wildman–Crippen MR) is 97.5 cm³/mol. The SMILES string of the molecule is Cc1c(NC(=O)[C@@H]2CCCC[C@@H]2C(=O)O)c(=O)n(-c2ccccc2)n1C. The van der Waals surface area contributed by atoms with Gasteiger partial charge in [-0.1, -0.05) is 31.0 Å². The Hall–Kier alpha value is -2.83. The van der Waals surface area contributed by atoms with Gasteiger partial charge in [-0.05, 0) is 31.9 Å². The molecule has 7 nitrogen and oxygen atoms in total. The third-order valence-corrected chi connectivity index (χ3v) is 5.22. The zero-order chi connectivity index (χ0) is 18.8. The molecule has 2 aromatic rings. The summed E-state index contributed by atoms with van der Waals surface area (Å²) in [5.74, 6) is -2.63. The first-order chi connectivity index (χ1) is 12.4. The Balaban J connectivity index is 1.92. The molecule has 1 heterocycles. The Morgan fingerprint density at radius 2 is 1.73 bits per heavy atom. The highest BCUT2D eigenvalue weighted by Crippen LogP contribution is 2.31. The molecule has 0 radical (unpaired) electrons. The fourth-order valence-electron chi connectivity index (χ4n) is 3.67. The van der Waals surface area contributed by atoms with E-state index in [1.54, 1.807) is 18.7 Å². The summed E-state index contributed by atoms with van der Waals surface area (Å²) in [6, 6.07) is 9.16. The van der Waals surface area contributed by atoms with E-state index in [0.717, 1.165) is 12.8 Å². The summed E-state index contributed by atoms with van der Waals surface area (Å²) in [4.78, 5) is 37.0. The molecule has 0 unspecified atom stereocenters. The molecule has 0 saturated heterocycles. The Morgan fingerprint density at radius 3 is 2.35 bits per heavy atom. The van der Waals surface area contributed by atoms with E-state index in [0.29, 0.717) is 24.2 Å². The second-order valence-corrected chi connectivity index (χ2v) is 6.76. The first kappa shape index (κ1) is 18.0. The Morgan fingerprint density at radius 1 is 1.12 bits per heavy atom. The lowest BCUT2D eigenvalue weighted by atomic mass is 9.78. The van der Waals surface area contributed by atoms with Crippen molar-refractivity contribution in [2.75, 3.05) is 5.32 Å². The summed E-state index contributed by atoms with van der Waals surface area (Å²) >= 11 is 0. The molecule has 0 spiro atoms. The Bertz CT molecular complexity index is 882. The van der Waals surface area contributed by atoms with Crippen LogP contribution in [0.25, 0.3) is 5.69 Å². The van der Waals surface area contributed by atoms with Crippen LogP contribution in [0.5, 0.6) is 0 Å². The zero-order valence-electron chi connectivity index (χ0n) is 14.9. The number of carboxylic acids is 1. The summed E-state index contributed by atoms with van der Waals surface area (Å²) in [5, 5.41) is 12.1. The number of nitrogens with one attached hydrogen (secondary N) is 1. The number of nitrogens with zero attached hydrogens (tertiary/aromatic N) is 2. The number of hydrogen-bond donors (Lipinski definition) is 2. The minimum atomic E-state index is -0.948. The Labute approximate surface area is 151 Å². The number of hydrogen-bond acceptors (Lipinski definition) is 3. The standard InChI is InChI=1S/C19H23N3O4/c1-12-16(18(24)22(21(12)2)13-8-4-3-5-9-13)20-17(23)14-10-6-7-11-15(14)19(25)26/h3-5,8-9,14-15H,6-7,10-11H2,1-2H3,(H,20,23)(H,25,26)/t14-,15+/m1/s1. The molecule has 1 aliphatic carbocycles. The normalized spacial score (nSPS) is 19.9. The number of aliphatic carboxylic acids is 1. The van der Waals surface area contributed by atoms with E-state index in [1.165, 1.54) is 4.68 Å². The summed E-state index contributed by atoms with van der Waals surface area (Å²) in [5.41, 5.74) is 1.20. The minimum Gasteiger partial charge on any atom is -0.481 e. The molecule has 0 aliphatic heterocycles. The van der Waals surface area contributed by atoms with Crippen LogP contribution in [0.1, 0.15) is 31.4 Å². The van der Waals surface area contributed by atoms with Gasteiger partial charge in [0.15, 0.2) is 0 Å². The molecule has 0 bridgehead atoms. The van der Waals surface area contributed by atoms with E-state index in [1.807, 2.05) is 30.3 Å². The number of aromatic nitrogens is 2. The van der Waals surface area contributed by atoms with Crippen molar-refractivity contribution in [3.05, 3.63) is 46.4 Å². The maximum absolute atomic E-state index is 12.9. The summed E-state index contributed by atoms with van der Waals surface area (Å²) in [7, 11) is 1.75. The van der Waals surface area contributed by atoms with Crippen molar-refractivity contribution >= 4 is 17.6 Å². The van der Waals surface area contributed by atoms with Crippen molar-refractivity contribution in [3.8, 4) is 5.69 Å². The van der Waals surface area contributed by atoms with E-state index in [2.05, 4.69) is 5.32 Å². The molecule has 1 aliphatic rings. The number of rotatable bonds is 4. The lowest BCUT2D eigenvalue weighted by molar-refractivity contribution is -0.147. The van der Waals surface area contributed by atoms with Gasteiger partial charge in [0.2, 0.25) is 5.91 Å². The van der Waals surface area contributed by atoms with E-state index < -0.39 is 17.8 Å². The largest absolute Gasteiger partial charge is 0.481 e. The van der Waals surface area contributed by atoms with Gasteiger partial charge in [-0.15, -0.1) is 0 Å². The molecule has 1 saturated carbocycles. The second-order valence-electron chi connectivity index (χ2n) is 6.76. The zero-order valence-corrected chi connectivity index (χ0v) is 14.9. The van der Waals surface area contributed by atoms with Crippen molar-refractivity contribution in [1.82, 2.24) is 9.36 Å². The number of carboxylic acid groups (broad SMARTS) is 1. The molecule has 1 fully saturated rings. The van der Waals surface area contributed by atoms with Crippen molar-refractivity contribution in [2.24, 2.45) is 18.9 Å². The average Bonchev–Trinajstić information content (AvgIpc) is 2.85. The van der Waals surface area contributed by atoms with E-state index in [9.17, 15) is 19.5 Å². The number of benzene rings is 1. The fourth-order valence-corrected chi connectivity index (χ4v) is 3.67. The topological polar surface area (TPSA) is 93.3 Å². The van der Waals surface area contributed by atoms with Crippen LogP contribution in [0.2, 0.25) is 0 Å². The van der Waals surface area contributed by atoms with Gasteiger partial charge in [0.05, 0.1) is 23.2 Å². The number of anilines is 1. The smallest absolute Gasteiger partial charge is 0.307 e. The molecule has 138 valence electrons. The molecule has 2 atom stereocenters. The molecule has 3 rings (SSSR count). The number of amides is 1. The van der Waals surface area contributed by atoms with Crippen LogP contribution in [-0.2, 0) is 16.6 Å². The number of carbonyl (C=O) groups excluding carboxylic acids is 1. The maximum Gasteiger partial charge on any atom is 0.307 e. The number of para-hydroxylation sites is 1.